The molecule has 1 aliphatic carbocycles. The van der Waals surface area contributed by atoms with Crippen molar-refractivity contribution < 1.29 is 14.6 Å². The maximum Gasteiger partial charge on any atom is 0.260 e. The molecule has 0 bridgehead atoms. The fourth-order valence-corrected chi connectivity index (χ4v) is 2.50. The molecule has 20 heavy (non-hydrogen) atoms. The second-order valence-electron chi connectivity index (χ2n) is 5.20. The van der Waals surface area contributed by atoms with E-state index in [0.717, 1.165) is 25.7 Å². The van der Waals surface area contributed by atoms with Crippen LogP contribution >= 0.6 is 11.6 Å². The molecule has 0 saturated heterocycles. The number of halogens is 1. The lowest BCUT2D eigenvalue weighted by Crippen LogP contribution is -2.44. The van der Waals surface area contributed by atoms with Gasteiger partial charge in [-0.15, -0.1) is 0 Å². The zero-order chi connectivity index (χ0) is 14.5. The lowest BCUT2D eigenvalue weighted by molar-refractivity contribution is -0.128. The Kier molecular flexibility index (Phi) is 5.26. The van der Waals surface area contributed by atoms with E-state index in [4.69, 9.17) is 16.3 Å². The Morgan fingerprint density at radius 2 is 2.00 bits per heavy atom. The van der Waals surface area contributed by atoms with Crippen molar-refractivity contribution in [2.75, 3.05) is 0 Å². The monoisotopic (exact) mass is 297 g/mol. The van der Waals surface area contributed by atoms with E-state index in [9.17, 15) is 9.90 Å². The molecule has 0 aliphatic heterocycles. The van der Waals surface area contributed by atoms with Crippen LogP contribution in [0.1, 0.15) is 32.6 Å². The minimum Gasteiger partial charge on any atom is -0.479 e. The van der Waals surface area contributed by atoms with Crippen molar-refractivity contribution in [1.82, 2.24) is 5.32 Å². The summed E-state index contributed by atoms with van der Waals surface area (Å²) in [4.78, 5) is 12.1. The maximum atomic E-state index is 12.1. The molecule has 2 N–H and O–H groups in total. The average Bonchev–Trinajstić information content (AvgIpc) is 2.44. The summed E-state index contributed by atoms with van der Waals surface area (Å²) < 4.78 is 5.58. The third kappa shape index (κ3) is 4.12. The number of aliphatic hydroxyl groups excluding tert-OH is 1. The fourth-order valence-electron chi connectivity index (χ4n) is 2.32. The molecule has 1 aromatic rings. The van der Waals surface area contributed by atoms with E-state index in [-0.39, 0.29) is 18.1 Å². The van der Waals surface area contributed by atoms with Crippen molar-refractivity contribution in [2.45, 2.75) is 50.9 Å². The summed E-state index contributed by atoms with van der Waals surface area (Å²) in [5.41, 5.74) is 0. The Hall–Kier alpha value is -1.26. The first-order valence-electron chi connectivity index (χ1n) is 6.96. The minimum absolute atomic E-state index is 0.128. The first-order valence-corrected chi connectivity index (χ1v) is 7.33. The van der Waals surface area contributed by atoms with E-state index in [2.05, 4.69) is 5.32 Å². The molecule has 1 fully saturated rings. The van der Waals surface area contributed by atoms with E-state index >= 15 is 0 Å². The lowest BCUT2D eigenvalue weighted by atomic mass is 9.93. The molecule has 0 spiro atoms. The highest BCUT2D eigenvalue weighted by Gasteiger charge is 2.23. The molecule has 1 aliphatic rings. The Morgan fingerprint density at radius 1 is 1.35 bits per heavy atom. The largest absolute Gasteiger partial charge is 0.479 e. The highest BCUT2D eigenvalue weighted by Crippen LogP contribution is 2.24. The van der Waals surface area contributed by atoms with E-state index < -0.39 is 6.10 Å². The molecule has 5 heteroatoms. The molecule has 1 aromatic carbocycles. The van der Waals surface area contributed by atoms with Gasteiger partial charge >= 0.3 is 0 Å². The summed E-state index contributed by atoms with van der Waals surface area (Å²) >= 11 is 6.00. The standard InChI is InChI=1S/C15H20ClNO3/c1-10(20-14-5-3-2-4-13(14)16)15(19)17-11-6-8-12(18)9-7-11/h2-5,10-12,18H,6-9H2,1H3,(H,17,19). The number of carbonyl (C=O) groups is 1. The normalized spacial score (nSPS) is 23.9. The summed E-state index contributed by atoms with van der Waals surface area (Å²) in [5, 5.41) is 12.9. The number of aliphatic hydroxyl groups is 1. The third-order valence-electron chi connectivity index (χ3n) is 3.55. The van der Waals surface area contributed by atoms with Gasteiger partial charge in [0.1, 0.15) is 5.75 Å². The zero-order valence-electron chi connectivity index (χ0n) is 11.5. The predicted octanol–water partition coefficient (Wildman–Crippen LogP) is 2.53. The molecular weight excluding hydrogens is 278 g/mol. The molecule has 2 rings (SSSR count). The van der Waals surface area contributed by atoms with E-state index in [1.54, 1.807) is 19.1 Å². The Bertz CT molecular complexity index is 458. The number of nitrogens with one attached hydrogen (secondary N) is 1. The molecule has 1 saturated carbocycles. The van der Waals surface area contributed by atoms with Gasteiger partial charge in [-0.25, -0.2) is 0 Å². The van der Waals surface area contributed by atoms with Gasteiger partial charge in [-0.1, -0.05) is 23.7 Å². The van der Waals surface area contributed by atoms with Gasteiger partial charge in [0.2, 0.25) is 0 Å². The number of carbonyl (C=O) groups excluding carboxylic acids is 1. The number of hydrogen-bond donors (Lipinski definition) is 2. The number of ether oxygens (including phenoxy) is 1. The van der Waals surface area contributed by atoms with Crippen molar-refractivity contribution in [3.05, 3.63) is 29.3 Å². The van der Waals surface area contributed by atoms with Crippen LogP contribution in [0.25, 0.3) is 0 Å². The van der Waals surface area contributed by atoms with Gasteiger partial charge in [-0.3, -0.25) is 4.79 Å². The summed E-state index contributed by atoms with van der Waals surface area (Å²) in [6.45, 7) is 1.70. The van der Waals surface area contributed by atoms with E-state index in [0.29, 0.717) is 10.8 Å². The summed E-state index contributed by atoms with van der Waals surface area (Å²) in [6, 6.07) is 7.22. The van der Waals surface area contributed by atoms with Crippen LogP contribution in [0, 0.1) is 0 Å². The van der Waals surface area contributed by atoms with E-state index in [1.165, 1.54) is 0 Å². The van der Waals surface area contributed by atoms with Crippen LogP contribution in [0.5, 0.6) is 5.75 Å². The van der Waals surface area contributed by atoms with E-state index in [1.807, 2.05) is 12.1 Å². The second-order valence-corrected chi connectivity index (χ2v) is 5.61. The summed E-state index contributed by atoms with van der Waals surface area (Å²) in [7, 11) is 0. The molecule has 1 amide bonds. The van der Waals surface area contributed by atoms with Crippen LogP contribution in [-0.2, 0) is 4.79 Å². The molecular formula is C15H20ClNO3. The van der Waals surface area contributed by atoms with Gasteiger partial charge < -0.3 is 15.2 Å². The molecule has 0 aromatic heterocycles. The van der Waals surface area contributed by atoms with Gasteiger partial charge in [0, 0.05) is 6.04 Å². The number of amides is 1. The van der Waals surface area contributed by atoms with Crippen LogP contribution in [-0.4, -0.2) is 29.3 Å². The van der Waals surface area contributed by atoms with Gasteiger partial charge in [-0.2, -0.15) is 0 Å². The van der Waals surface area contributed by atoms with Gasteiger partial charge in [0.05, 0.1) is 11.1 Å². The van der Waals surface area contributed by atoms with Gasteiger partial charge in [-0.05, 0) is 44.7 Å². The van der Waals surface area contributed by atoms with Crippen LogP contribution in [0.3, 0.4) is 0 Å². The van der Waals surface area contributed by atoms with Crippen molar-refractivity contribution in [3.8, 4) is 5.75 Å². The molecule has 110 valence electrons. The first kappa shape index (κ1) is 15.1. The third-order valence-corrected chi connectivity index (χ3v) is 3.86. The number of benzene rings is 1. The predicted molar refractivity (Wildman–Crippen MR) is 77.9 cm³/mol. The average molecular weight is 298 g/mol. The molecule has 0 radical (unpaired) electrons. The van der Waals surface area contributed by atoms with Crippen LogP contribution in [0.15, 0.2) is 24.3 Å². The highest BCUT2D eigenvalue weighted by atomic mass is 35.5. The fraction of sp³-hybridized carbons (Fsp3) is 0.533. The first-order chi connectivity index (χ1) is 9.56. The number of rotatable bonds is 4. The Balaban J connectivity index is 1.84. The van der Waals surface area contributed by atoms with Crippen LogP contribution in [0.4, 0.5) is 0 Å². The number of para-hydroxylation sites is 1. The topological polar surface area (TPSA) is 58.6 Å². The van der Waals surface area contributed by atoms with Crippen molar-refractivity contribution in [1.29, 1.82) is 0 Å². The van der Waals surface area contributed by atoms with Crippen molar-refractivity contribution >= 4 is 17.5 Å². The van der Waals surface area contributed by atoms with Crippen molar-refractivity contribution in [2.24, 2.45) is 0 Å². The molecule has 1 unspecified atom stereocenters. The SMILES string of the molecule is CC(Oc1ccccc1Cl)C(=O)NC1CCC(O)CC1. The maximum absolute atomic E-state index is 12.1. The molecule has 4 nitrogen and oxygen atoms in total. The Labute approximate surface area is 124 Å². The summed E-state index contributed by atoms with van der Waals surface area (Å²) in [5.74, 6) is 0.363. The van der Waals surface area contributed by atoms with Gasteiger partial charge in [0.15, 0.2) is 6.10 Å². The van der Waals surface area contributed by atoms with Crippen molar-refractivity contribution in [3.63, 3.8) is 0 Å². The second kappa shape index (κ2) is 6.95. The molecule has 0 heterocycles. The number of hydrogen-bond acceptors (Lipinski definition) is 3. The van der Waals surface area contributed by atoms with Gasteiger partial charge in [0.25, 0.3) is 5.91 Å². The van der Waals surface area contributed by atoms with Crippen LogP contribution < -0.4 is 10.1 Å². The summed E-state index contributed by atoms with van der Waals surface area (Å²) in [6.07, 6.45) is 2.29. The zero-order valence-corrected chi connectivity index (χ0v) is 12.3. The quantitative estimate of drug-likeness (QED) is 0.898. The minimum atomic E-state index is -0.596. The molecule has 1 atom stereocenters. The Morgan fingerprint density at radius 3 is 2.65 bits per heavy atom. The highest BCUT2D eigenvalue weighted by molar-refractivity contribution is 6.32. The van der Waals surface area contributed by atoms with Crippen LogP contribution in [0.2, 0.25) is 5.02 Å². The smallest absolute Gasteiger partial charge is 0.260 e. The lowest BCUT2D eigenvalue weighted by Gasteiger charge is -2.27.